The Morgan fingerprint density at radius 2 is 1.78 bits per heavy atom. The van der Waals surface area contributed by atoms with Crippen LogP contribution in [0.5, 0.6) is 23.0 Å². The SMILES string of the molecule is CCCOc1ccc([C@@H]2C(=C(O)c3ccc4c(c3)OCCO4)C(=O)C(=O)N2CCOC)cc1OCC. The Morgan fingerprint density at radius 3 is 2.50 bits per heavy atom. The third-order valence-electron chi connectivity index (χ3n) is 5.94. The Balaban J connectivity index is 1.82. The molecule has 0 spiro atoms. The Hall–Kier alpha value is -3.72. The Morgan fingerprint density at radius 1 is 1.00 bits per heavy atom. The van der Waals surface area contributed by atoms with Crippen LogP contribution in [0.4, 0.5) is 0 Å². The van der Waals surface area contributed by atoms with Crippen molar-refractivity contribution in [2.45, 2.75) is 26.3 Å². The van der Waals surface area contributed by atoms with Crippen LogP contribution < -0.4 is 18.9 Å². The van der Waals surface area contributed by atoms with Crippen molar-refractivity contribution in [2.24, 2.45) is 0 Å². The molecule has 1 atom stereocenters. The standard InChI is InChI=1S/C27H31NO8/c1-4-11-34-19-8-6-17(15-21(19)33-5-2)24-23(26(30)27(31)28(24)10-12-32-3)25(29)18-7-9-20-22(16-18)36-14-13-35-20/h6-9,15-16,24,29H,4-5,10-14H2,1-3H3/t24-/m1/s1. The van der Waals surface area contributed by atoms with E-state index < -0.39 is 17.7 Å². The number of carbonyl (C=O) groups is 2. The first-order valence-electron chi connectivity index (χ1n) is 12.1. The fourth-order valence-electron chi connectivity index (χ4n) is 4.29. The van der Waals surface area contributed by atoms with E-state index >= 15 is 0 Å². The third kappa shape index (κ3) is 4.97. The van der Waals surface area contributed by atoms with Gasteiger partial charge in [-0.3, -0.25) is 9.59 Å². The normalized spacial score (nSPS) is 18.4. The van der Waals surface area contributed by atoms with Crippen molar-refractivity contribution < 1.29 is 38.4 Å². The van der Waals surface area contributed by atoms with Gasteiger partial charge in [-0.25, -0.2) is 0 Å². The minimum absolute atomic E-state index is 0.0162. The summed E-state index contributed by atoms with van der Waals surface area (Å²) in [6, 6.07) is 9.37. The van der Waals surface area contributed by atoms with Gasteiger partial charge in [0.15, 0.2) is 23.0 Å². The summed E-state index contributed by atoms with van der Waals surface area (Å²) in [6.45, 7) is 6.02. The van der Waals surface area contributed by atoms with E-state index in [1.54, 1.807) is 36.4 Å². The summed E-state index contributed by atoms with van der Waals surface area (Å²) in [5.41, 5.74) is 0.941. The van der Waals surface area contributed by atoms with Gasteiger partial charge in [0.2, 0.25) is 0 Å². The fraction of sp³-hybridized carbons (Fsp3) is 0.407. The van der Waals surface area contributed by atoms with Crippen LogP contribution in [-0.4, -0.2) is 68.4 Å². The van der Waals surface area contributed by atoms with E-state index in [9.17, 15) is 14.7 Å². The van der Waals surface area contributed by atoms with E-state index in [1.807, 2.05) is 13.8 Å². The van der Waals surface area contributed by atoms with Gasteiger partial charge in [-0.1, -0.05) is 13.0 Å². The van der Waals surface area contributed by atoms with E-state index in [4.69, 9.17) is 23.7 Å². The van der Waals surface area contributed by atoms with Crippen LogP contribution in [0.3, 0.4) is 0 Å². The van der Waals surface area contributed by atoms with Crippen LogP contribution in [-0.2, 0) is 14.3 Å². The lowest BCUT2D eigenvalue weighted by Gasteiger charge is -2.26. The van der Waals surface area contributed by atoms with E-state index in [-0.39, 0.29) is 24.5 Å². The van der Waals surface area contributed by atoms with Crippen LogP contribution in [0.15, 0.2) is 42.0 Å². The van der Waals surface area contributed by atoms with Gasteiger partial charge in [0.1, 0.15) is 19.0 Å². The summed E-state index contributed by atoms with van der Waals surface area (Å²) in [5, 5.41) is 11.3. The van der Waals surface area contributed by atoms with Gasteiger partial charge in [0.05, 0.1) is 31.4 Å². The Bertz CT molecular complexity index is 1160. The zero-order valence-electron chi connectivity index (χ0n) is 20.7. The highest BCUT2D eigenvalue weighted by Gasteiger charge is 2.46. The number of aliphatic hydroxyl groups excluding tert-OH is 1. The monoisotopic (exact) mass is 497 g/mol. The van der Waals surface area contributed by atoms with Gasteiger partial charge in [-0.05, 0) is 49.2 Å². The summed E-state index contributed by atoms with van der Waals surface area (Å²) in [7, 11) is 1.52. The van der Waals surface area contributed by atoms with Crippen molar-refractivity contribution in [2.75, 3.05) is 46.7 Å². The maximum absolute atomic E-state index is 13.2. The molecule has 0 saturated carbocycles. The molecule has 1 fully saturated rings. The second-order valence-electron chi connectivity index (χ2n) is 8.33. The summed E-state index contributed by atoms with van der Waals surface area (Å²) in [4.78, 5) is 27.7. The molecule has 0 aromatic heterocycles. The summed E-state index contributed by atoms with van der Waals surface area (Å²) >= 11 is 0. The smallest absolute Gasteiger partial charge is 0.295 e. The molecule has 1 N–H and O–H groups in total. The number of nitrogens with zero attached hydrogens (tertiary/aromatic N) is 1. The molecule has 1 amide bonds. The average Bonchev–Trinajstić information content (AvgIpc) is 3.15. The lowest BCUT2D eigenvalue weighted by molar-refractivity contribution is -0.140. The molecule has 2 aromatic rings. The number of amides is 1. The molecule has 0 bridgehead atoms. The minimum Gasteiger partial charge on any atom is -0.507 e. The lowest BCUT2D eigenvalue weighted by Crippen LogP contribution is -2.32. The van der Waals surface area contributed by atoms with Gasteiger partial charge < -0.3 is 33.7 Å². The molecule has 2 aliphatic heterocycles. The van der Waals surface area contributed by atoms with Crippen LogP contribution >= 0.6 is 0 Å². The van der Waals surface area contributed by atoms with Crippen molar-refractivity contribution in [1.29, 1.82) is 0 Å². The minimum atomic E-state index is -0.840. The first-order valence-corrected chi connectivity index (χ1v) is 12.1. The number of ketones is 1. The molecule has 0 unspecified atom stereocenters. The highest BCUT2D eigenvalue weighted by atomic mass is 16.6. The largest absolute Gasteiger partial charge is 0.507 e. The zero-order valence-corrected chi connectivity index (χ0v) is 20.7. The van der Waals surface area contributed by atoms with Crippen LogP contribution in [0, 0.1) is 0 Å². The second-order valence-corrected chi connectivity index (χ2v) is 8.33. The lowest BCUT2D eigenvalue weighted by atomic mass is 9.94. The van der Waals surface area contributed by atoms with E-state index in [0.717, 1.165) is 6.42 Å². The highest BCUT2D eigenvalue weighted by molar-refractivity contribution is 6.46. The fourth-order valence-corrected chi connectivity index (χ4v) is 4.29. The van der Waals surface area contributed by atoms with Crippen molar-refractivity contribution in [1.82, 2.24) is 4.90 Å². The predicted octanol–water partition coefficient (Wildman–Crippen LogP) is 3.71. The van der Waals surface area contributed by atoms with Gasteiger partial charge in [-0.15, -0.1) is 0 Å². The maximum atomic E-state index is 13.2. The summed E-state index contributed by atoms with van der Waals surface area (Å²) in [5.74, 6) is 0.321. The van der Waals surface area contributed by atoms with Gasteiger partial charge in [0.25, 0.3) is 11.7 Å². The van der Waals surface area contributed by atoms with Crippen LogP contribution in [0.25, 0.3) is 5.76 Å². The summed E-state index contributed by atoms with van der Waals surface area (Å²) in [6.07, 6.45) is 0.833. The molecule has 2 heterocycles. The number of fused-ring (bicyclic) bond motifs is 1. The first kappa shape index (κ1) is 25.4. The second kappa shape index (κ2) is 11.3. The Kier molecular flexibility index (Phi) is 8.00. The molecule has 4 rings (SSSR count). The molecule has 36 heavy (non-hydrogen) atoms. The molecule has 9 nitrogen and oxygen atoms in total. The first-order chi connectivity index (χ1) is 17.5. The molecule has 9 heteroatoms. The topological polar surface area (TPSA) is 104 Å². The average molecular weight is 498 g/mol. The van der Waals surface area contributed by atoms with E-state index in [2.05, 4.69) is 0 Å². The maximum Gasteiger partial charge on any atom is 0.295 e. The number of hydrogen-bond donors (Lipinski definition) is 1. The third-order valence-corrected chi connectivity index (χ3v) is 5.94. The number of benzene rings is 2. The number of hydrogen-bond acceptors (Lipinski definition) is 8. The predicted molar refractivity (Wildman–Crippen MR) is 132 cm³/mol. The number of carbonyl (C=O) groups excluding carboxylic acids is 2. The number of ether oxygens (including phenoxy) is 5. The quantitative estimate of drug-likeness (QED) is 0.301. The molecule has 2 aromatic carbocycles. The van der Waals surface area contributed by atoms with Gasteiger partial charge >= 0.3 is 0 Å². The van der Waals surface area contributed by atoms with E-state index in [0.29, 0.717) is 60.6 Å². The molecule has 192 valence electrons. The van der Waals surface area contributed by atoms with Gasteiger partial charge in [0, 0.05) is 19.2 Å². The summed E-state index contributed by atoms with van der Waals surface area (Å²) < 4.78 is 28.0. The van der Waals surface area contributed by atoms with Crippen LogP contribution in [0.1, 0.15) is 37.4 Å². The number of rotatable bonds is 10. The molecular weight excluding hydrogens is 466 g/mol. The Labute approximate surface area is 210 Å². The van der Waals surface area contributed by atoms with Gasteiger partial charge in [-0.2, -0.15) is 0 Å². The highest BCUT2D eigenvalue weighted by Crippen LogP contribution is 2.43. The van der Waals surface area contributed by atoms with Crippen LogP contribution in [0.2, 0.25) is 0 Å². The molecule has 2 aliphatic rings. The molecule has 0 aliphatic carbocycles. The molecule has 1 saturated heterocycles. The van der Waals surface area contributed by atoms with Crippen molar-refractivity contribution in [3.8, 4) is 23.0 Å². The van der Waals surface area contributed by atoms with Crippen molar-refractivity contribution >= 4 is 17.4 Å². The van der Waals surface area contributed by atoms with Crippen molar-refractivity contribution in [3.05, 3.63) is 53.1 Å². The number of methoxy groups -OCH3 is 1. The van der Waals surface area contributed by atoms with E-state index in [1.165, 1.54) is 12.0 Å². The zero-order chi connectivity index (χ0) is 25.7. The molecule has 0 radical (unpaired) electrons. The number of likely N-dealkylation sites (tertiary alicyclic amines) is 1. The van der Waals surface area contributed by atoms with Crippen molar-refractivity contribution in [3.63, 3.8) is 0 Å². The molecular formula is C27H31NO8. The number of Topliss-reactive ketones (excluding diaryl/α,β-unsaturated/α-hetero) is 1. The number of aliphatic hydroxyl groups is 1.